The molecular formula is C24H25N3O3. The standard InChI is InChI=1S/C24H25N3O3/c1-17(28)26(2)21-13-14-27(16-21)20-9-7-19(8-10-20)25-24(29)12-11-22-15-18-5-3-4-6-23(18)30-22/h3-12,15,21H,13-14,16H2,1-2H3,(H,25,29)/b12-11+. The SMILES string of the molecule is CC(=O)N(C)C1CCN(c2ccc(NC(=O)/C=C/c3cc4ccccc4o3)cc2)C1. The average Bonchev–Trinajstić information content (AvgIpc) is 3.39. The van der Waals surface area contributed by atoms with Crippen molar-refractivity contribution in [3.63, 3.8) is 0 Å². The number of amides is 2. The van der Waals surface area contributed by atoms with Crippen LogP contribution in [0.4, 0.5) is 11.4 Å². The van der Waals surface area contributed by atoms with E-state index in [-0.39, 0.29) is 17.9 Å². The quantitative estimate of drug-likeness (QED) is 0.650. The Kier molecular flexibility index (Phi) is 5.57. The summed E-state index contributed by atoms with van der Waals surface area (Å²) in [5, 5.41) is 3.87. The normalized spacial score (nSPS) is 16.3. The minimum atomic E-state index is -0.215. The van der Waals surface area contributed by atoms with Crippen LogP contribution in [0.25, 0.3) is 17.0 Å². The van der Waals surface area contributed by atoms with Gasteiger partial charge in [0, 0.05) is 49.9 Å². The number of anilines is 2. The number of likely N-dealkylation sites (N-methyl/N-ethyl adjacent to an activating group) is 1. The van der Waals surface area contributed by atoms with Crippen molar-refractivity contribution >= 4 is 40.2 Å². The Morgan fingerprint density at radius 3 is 2.67 bits per heavy atom. The minimum absolute atomic E-state index is 0.0932. The van der Waals surface area contributed by atoms with Gasteiger partial charge < -0.3 is 19.5 Å². The molecule has 2 aromatic carbocycles. The molecule has 1 aliphatic heterocycles. The first-order chi connectivity index (χ1) is 14.5. The molecule has 0 saturated carbocycles. The van der Waals surface area contributed by atoms with Crippen molar-refractivity contribution in [2.45, 2.75) is 19.4 Å². The number of hydrogen-bond donors (Lipinski definition) is 1. The molecule has 0 spiro atoms. The fraction of sp³-hybridized carbons (Fsp3) is 0.250. The third-order valence-corrected chi connectivity index (χ3v) is 5.55. The highest BCUT2D eigenvalue weighted by Gasteiger charge is 2.27. The van der Waals surface area contributed by atoms with Gasteiger partial charge in [-0.25, -0.2) is 0 Å². The second kappa shape index (κ2) is 8.45. The molecule has 2 amide bonds. The van der Waals surface area contributed by atoms with Crippen molar-refractivity contribution in [2.75, 3.05) is 30.4 Å². The van der Waals surface area contributed by atoms with E-state index in [4.69, 9.17) is 4.42 Å². The van der Waals surface area contributed by atoms with Gasteiger partial charge in [-0.05, 0) is 48.9 Å². The minimum Gasteiger partial charge on any atom is -0.457 e. The molecule has 1 fully saturated rings. The second-order valence-corrected chi connectivity index (χ2v) is 7.57. The van der Waals surface area contributed by atoms with Crippen LogP contribution >= 0.6 is 0 Å². The van der Waals surface area contributed by atoms with Crippen LogP contribution in [-0.2, 0) is 9.59 Å². The summed E-state index contributed by atoms with van der Waals surface area (Å²) >= 11 is 0. The van der Waals surface area contributed by atoms with Crippen molar-refractivity contribution in [2.24, 2.45) is 0 Å². The lowest BCUT2D eigenvalue weighted by Gasteiger charge is -2.24. The number of furan rings is 1. The first-order valence-corrected chi connectivity index (χ1v) is 10.1. The highest BCUT2D eigenvalue weighted by atomic mass is 16.3. The summed E-state index contributed by atoms with van der Waals surface area (Å²) in [6.45, 7) is 3.33. The highest BCUT2D eigenvalue weighted by Crippen LogP contribution is 2.24. The molecule has 2 heterocycles. The molecule has 1 unspecified atom stereocenters. The molecule has 1 aromatic heterocycles. The number of benzene rings is 2. The number of fused-ring (bicyclic) bond motifs is 1. The van der Waals surface area contributed by atoms with E-state index in [2.05, 4.69) is 10.2 Å². The fourth-order valence-electron chi connectivity index (χ4n) is 3.73. The van der Waals surface area contributed by atoms with Crippen LogP contribution in [0.3, 0.4) is 0 Å². The van der Waals surface area contributed by atoms with E-state index in [1.54, 1.807) is 13.0 Å². The van der Waals surface area contributed by atoms with Gasteiger partial charge in [-0.3, -0.25) is 9.59 Å². The molecule has 1 saturated heterocycles. The van der Waals surface area contributed by atoms with Crippen LogP contribution in [0.2, 0.25) is 0 Å². The van der Waals surface area contributed by atoms with Gasteiger partial charge in [0.1, 0.15) is 11.3 Å². The Hall–Kier alpha value is -3.54. The van der Waals surface area contributed by atoms with Crippen LogP contribution in [0.5, 0.6) is 0 Å². The fourth-order valence-corrected chi connectivity index (χ4v) is 3.73. The number of carbonyl (C=O) groups excluding carboxylic acids is 2. The zero-order valence-electron chi connectivity index (χ0n) is 17.2. The van der Waals surface area contributed by atoms with Crippen LogP contribution in [0.15, 0.2) is 65.1 Å². The topological polar surface area (TPSA) is 65.8 Å². The molecule has 6 heteroatoms. The van der Waals surface area contributed by atoms with Gasteiger partial charge in [0.25, 0.3) is 0 Å². The van der Waals surface area contributed by atoms with Gasteiger partial charge in [-0.1, -0.05) is 18.2 Å². The maximum absolute atomic E-state index is 12.2. The molecule has 6 nitrogen and oxygen atoms in total. The summed E-state index contributed by atoms with van der Waals surface area (Å²) < 4.78 is 5.68. The van der Waals surface area contributed by atoms with Gasteiger partial charge in [-0.15, -0.1) is 0 Å². The van der Waals surface area contributed by atoms with Crippen molar-refractivity contribution in [3.8, 4) is 0 Å². The first-order valence-electron chi connectivity index (χ1n) is 10.1. The number of carbonyl (C=O) groups is 2. The summed E-state index contributed by atoms with van der Waals surface area (Å²) in [5.41, 5.74) is 2.62. The summed E-state index contributed by atoms with van der Waals surface area (Å²) in [6.07, 6.45) is 4.09. The van der Waals surface area contributed by atoms with Crippen molar-refractivity contribution in [1.82, 2.24) is 4.90 Å². The van der Waals surface area contributed by atoms with Crippen molar-refractivity contribution in [1.29, 1.82) is 0 Å². The zero-order chi connectivity index (χ0) is 21.1. The van der Waals surface area contributed by atoms with E-state index in [9.17, 15) is 9.59 Å². The predicted octanol–water partition coefficient (Wildman–Crippen LogP) is 4.14. The van der Waals surface area contributed by atoms with E-state index in [1.807, 2.05) is 66.5 Å². The van der Waals surface area contributed by atoms with E-state index in [1.165, 1.54) is 6.08 Å². The number of para-hydroxylation sites is 1. The van der Waals surface area contributed by atoms with Crippen LogP contribution < -0.4 is 10.2 Å². The number of nitrogens with zero attached hydrogens (tertiary/aromatic N) is 2. The third kappa shape index (κ3) is 4.38. The maximum Gasteiger partial charge on any atom is 0.248 e. The highest BCUT2D eigenvalue weighted by molar-refractivity contribution is 6.02. The molecule has 1 N–H and O–H groups in total. The summed E-state index contributed by atoms with van der Waals surface area (Å²) in [5.74, 6) is 0.518. The third-order valence-electron chi connectivity index (χ3n) is 5.55. The summed E-state index contributed by atoms with van der Waals surface area (Å²) in [7, 11) is 1.86. The molecule has 3 aromatic rings. The molecule has 0 radical (unpaired) electrons. The lowest BCUT2D eigenvalue weighted by atomic mass is 10.2. The second-order valence-electron chi connectivity index (χ2n) is 7.57. The van der Waals surface area contributed by atoms with Crippen molar-refractivity contribution in [3.05, 3.63) is 66.4 Å². The van der Waals surface area contributed by atoms with Gasteiger partial charge in [0.15, 0.2) is 0 Å². The molecule has 1 atom stereocenters. The average molecular weight is 403 g/mol. The Morgan fingerprint density at radius 2 is 1.93 bits per heavy atom. The number of rotatable bonds is 5. The molecular weight excluding hydrogens is 378 g/mol. The van der Waals surface area contributed by atoms with Gasteiger partial charge >= 0.3 is 0 Å². The Bertz CT molecular complexity index is 1050. The van der Waals surface area contributed by atoms with Crippen LogP contribution in [-0.4, -0.2) is 42.9 Å². The van der Waals surface area contributed by atoms with E-state index in [0.717, 1.165) is 41.9 Å². The largest absolute Gasteiger partial charge is 0.457 e. The number of nitrogens with one attached hydrogen (secondary N) is 1. The van der Waals surface area contributed by atoms with E-state index < -0.39 is 0 Å². The lowest BCUT2D eigenvalue weighted by Crippen LogP contribution is -2.37. The monoisotopic (exact) mass is 403 g/mol. The van der Waals surface area contributed by atoms with Crippen molar-refractivity contribution < 1.29 is 14.0 Å². The van der Waals surface area contributed by atoms with Gasteiger partial charge in [0.05, 0.1) is 6.04 Å². The summed E-state index contributed by atoms with van der Waals surface area (Å²) in [6, 6.07) is 17.7. The summed E-state index contributed by atoms with van der Waals surface area (Å²) in [4.78, 5) is 27.9. The van der Waals surface area contributed by atoms with Gasteiger partial charge in [-0.2, -0.15) is 0 Å². The Morgan fingerprint density at radius 1 is 1.17 bits per heavy atom. The molecule has 0 aliphatic carbocycles. The lowest BCUT2D eigenvalue weighted by molar-refractivity contribution is -0.129. The Labute approximate surface area is 175 Å². The van der Waals surface area contributed by atoms with Crippen LogP contribution in [0, 0.1) is 0 Å². The smallest absolute Gasteiger partial charge is 0.248 e. The molecule has 30 heavy (non-hydrogen) atoms. The molecule has 0 bridgehead atoms. The maximum atomic E-state index is 12.2. The van der Waals surface area contributed by atoms with E-state index >= 15 is 0 Å². The van der Waals surface area contributed by atoms with E-state index in [0.29, 0.717) is 5.76 Å². The van der Waals surface area contributed by atoms with Gasteiger partial charge in [0.2, 0.25) is 11.8 Å². The molecule has 1 aliphatic rings. The first kappa shape index (κ1) is 19.8. The number of hydrogen-bond acceptors (Lipinski definition) is 4. The molecule has 154 valence electrons. The zero-order valence-corrected chi connectivity index (χ0v) is 17.2. The predicted molar refractivity (Wildman–Crippen MR) is 119 cm³/mol. The van der Waals surface area contributed by atoms with Crippen LogP contribution in [0.1, 0.15) is 19.1 Å². The molecule has 4 rings (SSSR count). The Balaban J connectivity index is 1.34.